The van der Waals surface area contributed by atoms with Crippen molar-refractivity contribution in [2.75, 3.05) is 19.8 Å². The van der Waals surface area contributed by atoms with Gasteiger partial charge in [0, 0.05) is 20.2 Å². The van der Waals surface area contributed by atoms with E-state index in [-0.39, 0.29) is 0 Å². The molecule has 0 heterocycles. The van der Waals surface area contributed by atoms with Gasteiger partial charge in [-0.15, -0.1) is 0 Å². The molecule has 0 aromatic rings. The Morgan fingerprint density at radius 2 is 2.43 bits per heavy atom. The van der Waals surface area contributed by atoms with Crippen molar-refractivity contribution >= 4 is 0 Å². The second-order valence-electron chi connectivity index (χ2n) is 1.20. The van der Waals surface area contributed by atoms with Crippen LogP contribution in [0.15, 0.2) is 0 Å². The van der Waals surface area contributed by atoms with Crippen LogP contribution in [-0.2, 0) is 4.74 Å². The minimum Gasteiger partial charge on any atom is -0.380 e. The van der Waals surface area contributed by atoms with Crippen LogP contribution in [-0.4, -0.2) is 19.8 Å². The van der Waals surface area contributed by atoms with Crippen molar-refractivity contribution in [3.05, 3.63) is 7.05 Å². The van der Waals surface area contributed by atoms with Crippen molar-refractivity contribution in [1.29, 1.82) is 0 Å². The molecule has 0 saturated heterocycles. The Labute approximate surface area is 44.9 Å². The van der Waals surface area contributed by atoms with E-state index in [1.54, 1.807) is 0 Å². The van der Waals surface area contributed by atoms with E-state index in [0.29, 0.717) is 0 Å². The van der Waals surface area contributed by atoms with Crippen LogP contribution in [0.5, 0.6) is 0 Å². The highest BCUT2D eigenvalue weighted by Crippen LogP contribution is 1.67. The molecule has 0 aliphatic carbocycles. The summed E-state index contributed by atoms with van der Waals surface area (Å²) in [6.45, 7) is 4.37. The Morgan fingerprint density at radius 3 is 2.86 bits per heavy atom. The molecule has 43 valence electrons. The third-order valence-electron chi connectivity index (χ3n) is 0.627. The van der Waals surface area contributed by atoms with Gasteiger partial charge < -0.3 is 10.1 Å². The normalized spacial score (nSPS) is 9.43. The van der Waals surface area contributed by atoms with Crippen LogP contribution < -0.4 is 5.32 Å². The maximum absolute atomic E-state index is 4.97. The van der Waals surface area contributed by atoms with Gasteiger partial charge in [0.25, 0.3) is 0 Å². The van der Waals surface area contributed by atoms with Crippen LogP contribution >= 0.6 is 0 Å². The van der Waals surface area contributed by atoms with Gasteiger partial charge in [0.2, 0.25) is 0 Å². The molecule has 7 heavy (non-hydrogen) atoms. The zero-order chi connectivity index (χ0) is 5.54. The predicted molar refractivity (Wildman–Crippen MR) is 29.9 cm³/mol. The monoisotopic (exact) mass is 102 g/mol. The van der Waals surface area contributed by atoms with Crippen molar-refractivity contribution < 1.29 is 4.74 Å². The molecule has 0 aromatic heterocycles. The molecule has 0 aromatic carbocycles. The summed E-state index contributed by atoms with van der Waals surface area (Å²) in [5.41, 5.74) is 0. The summed E-state index contributed by atoms with van der Waals surface area (Å²) >= 11 is 0. The summed E-state index contributed by atoms with van der Waals surface area (Å²) in [4.78, 5) is 0. The van der Waals surface area contributed by atoms with Crippen molar-refractivity contribution in [2.24, 2.45) is 0 Å². The minimum absolute atomic E-state index is 0.764. The predicted octanol–water partition coefficient (Wildman–Crippen LogP) is 0.404. The van der Waals surface area contributed by atoms with E-state index in [4.69, 9.17) is 4.74 Å². The maximum Gasteiger partial charge on any atom is 0.0590 e. The highest BCUT2D eigenvalue weighted by Gasteiger charge is 1.77. The first-order valence-electron chi connectivity index (χ1n) is 2.49. The minimum atomic E-state index is 0.764. The average molecular weight is 102 g/mol. The van der Waals surface area contributed by atoms with Crippen molar-refractivity contribution in [1.82, 2.24) is 5.32 Å². The van der Waals surface area contributed by atoms with Gasteiger partial charge in [-0.25, -0.2) is 0 Å². The molecule has 0 bridgehead atoms. The second-order valence-corrected chi connectivity index (χ2v) is 1.20. The number of rotatable bonds is 4. The molecule has 0 aliphatic rings. The van der Waals surface area contributed by atoms with E-state index in [0.717, 1.165) is 19.8 Å². The SMILES string of the molecule is [CH2]NCCOCC. The summed E-state index contributed by atoms with van der Waals surface area (Å²) in [6, 6.07) is 0. The van der Waals surface area contributed by atoms with Gasteiger partial charge >= 0.3 is 0 Å². The molecular formula is C5H12NO. The second kappa shape index (κ2) is 5.92. The number of hydrogen-bond acceptors (Lipinski definition) is 2. The van der Waals surface area contributed by atoms with Crippen LogP contribution in [0, 0.1) is 7.05 Å². The fourth-order valence-corrected chi connectivity index (χ4v) is 0.289. The van der Waals surface area contributed by atoms with Crippen molar-refractivity contribution in [3.63, 3.8) is 0 Å². The van der Waals surface area contributed by atoms with E-state index in [9.17, 15) is 0 Å². The van der Waals surface area contributed by atoms with E-state index < -0.39 is 0 Å². The van der Waals surface area contributed by atoms with Gasteiger partial charge in [-0.3, -0.25) is 0 Å². The zero-order valence-corrected chi connectivity index (χ0v) is 4.74. The van der Waals surface area contributed by atoms with Crippen LogP contribution in [0.2, 0.25) is 0 Å². The Bertz CT molecular complexity index is 27.3. The Morgan fingerprint density at radius 1 is 1.71 bits per heavy atom. The maximum atomic E-state index is 4.97. The average Bonchev–Trinajstić information content (AvgIpc) is 1.69. The van der Waals surface area contributed by atoms with Gasteiger partial charge in [0.1, 0.15) is 0 Å². The molecule has 0 rings (SSSR count). The quantitative estimate of drug-likeness (QED) is 0.519. The molecular weight excluding hydrogens is 90.1 g/mol. The molecule has 2 heteroatoms. The Balaban J connectivity index is 2.45. The summed E-state index contributed by atoms with van der Waals surface area (Å²) in [6.07, 6.45) is 0. The molecule has 0 atom stereocenters. The van der Waals surface area contributed by atoms with Gasteiger partial charge in [-0.05, 0) is 6.92 Å². The van der Waals surface area contributed by atoms with Gasteiger partial charge in [-0.2, -0.15) is 0 Å². The number of hydrogen-bond donors (Lipinski definition) is 1. The molecule has 0 aliphatic heterocycles. The molecule has 0 unspecified atom stereocenters. The first kappa shape index (κ1) is 6.92. The summed E-state index contributed by atoms with van der Waals surface area (Å²) in [5.74, 6) is 0. The summed E-state index contributed by atoms with van der Waals surface area (Å²) in [5, 5.41) is 2.73. The third kappa shape index (κ3) is 5.92. The number of ether oxygens (including phenoxy) is 1. The van der Waals surface area contributed by atoms with Gasteiger partial charge in [0.05, 0.1) is 6.61 Å². The lowest BCUT2D eigenvalue weighted by Gasteiger charge is -1.96. The van der Waals surface area contributed by atoms with E-state index in [2.05, 4.69) is 12.4 Å². The first-order valence-corrected chi connectivity index (χ1v) is 2.49. The Kier molecular flexibility index (Phi) is 5.85. The number of nitrogens with one attached hydrogen (secondary N) is 1. The highest BCUT2D eigenvalue weighted by atomic mass is 16.5. The zero-order valence-electron chi connectivity index (χ0n) is 4.74. The molecule has 2 nitrogen and oxygen atoms in total. The topological polar surface area (TPSA) is 21.3 Å². The molecule has 0 fully saturated rings. The lowest BCUT2D eigenvalue weighted by molar-refractivity contribution is 0.151. The van der Waals surface area contributed by atoms with Crippen LogP contribution in [0.1, 0.15) is 6.92 Å². The fourth-order valence-electron chi connectivity index (χ4n) is 0.289. The molecule has 1 radical (unpaired) electrons. The van der Waals surface area contributed by atoms with Crippen molar-refractivity contribution in [3.8, 4) is 0 Å². The smallest absolute Gasteiger partial charge is 0.0590 e. The van der Waals surface area contributed by atoms with Crippen molar-refractivity contribution in [2.45, 2.75) is 6.92 Å². The molecule has 0 amide bonds. The van der Waals surface area contributed by atoms with Crippen LogP contribution in [0.25, 0.3) is 0 Å². The fraction of sp³-hybridized carbons (Fsp3) is 0.800. The molecule has 0 spiro atoms. The third-order valence-corrected chi connectivity index (χ3v) is 0.627. The summed E-state index contributed by atoms with van der Waals surface area (Å²) < 4.78 is 4.97. The summed E-state index contributed by atoms with van der Waals surface area (Å²) in [7, 11) is 3.43. The van der Waals surface area contributed by atoms with E-state index in [1.165, 1.54) is 0 Å². The molecule has 1 N–H and O–H groups in total. The largest absolute Gasteiger partial charge is 0.380 e. The first-order chi connectivity index (χ1) is 3.41. The standard InChI is InChI=1S/C5H12NO/c1-3-7-5-4-6-2/h6H,2-5H2,1H3. The Hall–Kier alpha value is -0.0800. The van der Waals surface area contributed by atoms with Gasteiger partial charge in [-0.1, -0.05) is 0 Å². The lowest BCUT2D eigenvalue weighted by Crippen LogP contribution is -2.11. The highest BCUT2D eigenvalue weighted by molar-refractivity contribution is 4.37. The van der Waals surface area contributed by atoms with Gasteiger partial charge in [0.15, 0.2) is 0 Å². The van der Waals surface area contributed by atoms with Crippen LogP contribution in [0.4, 0.5) is 0 Å². The molecule has 0 saturated carbocycles. The van der Waals surface area contributed by atoms with Crippen LogP contribution in [0.3, 0.4) is 0 Å². The van der Waals surface area contributed by atoms with E-state index in [1.807, 2.05) is 6.92 Å². The van der Waals surface area contributed by atoms with E-state index >= 15 is 0 Å². The lowest BCUT2D eigenvalue weighted by atomic mass is 10.7.